The van der Waals surface area contributed by atoms with Crippen LogP contribution in [0, 0.1) is 0 Å². The van der Waals surface area contributed by atoms with E-state index < -0.39 is 0 Å². The molecule has 0 fully saturated rings. The number of benzene rings is 2. The number of nitrogens with two attached hydrogens (primary N) is 1. The predicted octanol–water partition coefficient (Wildman–Crippen LogP) is 3.44. The van der Waals surface area contributed by atoms with E-state index in [1.807, 2.05) is 55.6 Å². The van der Waals surface area contributed by atoms with Gasteiger partial charge in [0.25, 0.3) is 0 Å². The van der Waals surface area contributed by atoms with Gasteiger partial charge in [0, 0.05) is 6.54 Å². The molecule has 0 aliphatic carbocycles. The monoisotopic (exact) mass is 448 g/mol. The lowest BCUT2D eigenvalue weighted by atomic mass is 10.2. The summed E-state index contributed by atoms with van der Waals surface area (Å²) >= 11 is 0. The number of aromatic nitrogens is 4. The maximum absolute atomic E-state index is 12.6. The van der Waals surface area contributed by atoms with Crippen LogP contribution in [0.15, 0.2) is 53.3 Å². The van der Waals surface area contributed by atoms with Gasteiger partial charge in [0.15, 0.2) is 11.5 Å². The van der Waals surface area contributed by atoms with Crippen LogP contribution in [0.1, 0.15) is 30.9 Å². The maximum Gasteiger partial charge on any atom is 0.328 e. The molecule has 0 aliphatic rings. The largest absolute Gasteiger partial charge is 0.463 e. The standard InChI is InChI=1S/C24H28N6O3/c1-3-4-11-32-23-28-21(25)20-22(29-23)30(24(31)27-20)15-17-8-6-10-19(13-17)33-18-9-5-7-16(12-18)14-26-2/h5-10,12-13,26H,3-4,11,14-15H2,1-2H3,(H,27,31)(H2,25,28,29). The highest BCUT2D eigenvalue weighted by Crippen LogP contribution is 2.24. The average Bonchev–Trinajstić information content (AvgIpc) is 3.11. The number of hydrogen-bond acceptors (Lipinski definition) is 7. The molecule has 9 nitrogen and oxygen atoms in total. The van der Waals surface area contributed by atoms with Crippen molar-refractivity contribution in [2.75, 3.05) is 19.4 Å². The van der Waals surface area contributed by atoms with Gasteiger partial charge in [-0.25, -0.2) is 4.79 Å². The van der Waals surface area contributed by atoms with Crippen LogP contribution >= 0.6 is 0 Å². The summed E-state index contributed by atoms with van der Waals surface area (Å²) in [5.41, 5.74) is 8.54. The third-order valence-electron chi connectivity index (χ3n) is 5.11. The molecule has 0 amide bonds. The van der Waals surface area contributed by atoms with Gasteiger partial charge in [0.1, 0.15) is 17.0 Å². The molecular weight excluding hydrogens is 420 g/mol. The minimum absolute atomic E-state index is 0.166. The fraction of sp³-hybridized carbons (Fsp3) is 0.292. The van der Waals surface area contributed by atoms with E-state index in [1.54, 1.807) is 0 Å². The Labute approximate surface area is 191 Å². The average molecular weight is 449 g/mol. The zero-order valence-electron chi connectivity index (χ0n) is 18.8. The summed E-state index contributed by atoms with van der Waals surface area (Å²) in [7, 11) is 1.91. The number of nitrogens with zero attached hydrogens (tertiary/aromatic N) is 3. The fourth-order valence-electron chi connectivity index (χ4n) is 3.50. The van der Waals surface area contributed by atoms with Crippen LogP contribution in [0.25, 0.3) is 11.2 Å². The summed E-state index contributed by atoms with van der Waals surface area (Å²) in [6, 6.07) is 15.7. The number of hydrogen-bond donors (Lipinski definition) is 3. The Morgan fingerprint density at radius 2 is 1.82 bits per heavy atom. The fourth-order valence-corrected chi connectivity index (χ4v) is 3.50. The molecule has 0 bridgehead atoms. The van der Waals surface area contributed by atoms with Gasteiger partial charge in [-0.15, -0.1) is 0 Å². The van der Waals surface area contributed by atoms with Crippen LogP contribution in [-0.4, -0.2) is 33.2 Å². The molecule has 0 saturated carbocycles. The molecule has 0 radical (unpaired) electrons. The van der Waals surface area contributed by atoms with E-state index in [0.29, 0.717) is 30.1 Å². The number of imidazole rings is 1. The quantitative estimate of drug-likeness (QED) is 0.318. The van der Waals surface area contributed by atoms with Gasteiger partial charge >= 0.3 is 11.7 Å². The van der Waals surface area contributed by atoms with Gasteiger partial charge < -0.3 is 25.5 Å². The molecule has 172 valence electrons. The SMILES string of the molecule is CCCCOc1nc(N)c2[nH]c(=O)n(Cc3cccc(Oc4cccc(CNC)c4)c3)c2n1. The van der Waals surface area contributed by atoms with E-state index in [4.69, 9.17) is 15.2 Å². The van der Waals surface area contributed by atoms with Crippen molar-refractivity contribution in [2.45, 2.75) is 32.9 Å². The van der Waals surface area contributed by atoms with Crippen LogP contribution < -0.4 is 26.2 Å². The molecular formula is C24H28N6O3. The van der Waals surface area contributed by atoms with Gasteiger partial charge in [-0.3, -0.25) is 4.57 Å². The van der Waals surface area contributed by atoms with E-state index in [0.717, 1.165) is 36.3 Å². The molecule has 4 rings (SSSR count). The number of anilines is 1. The Morgan fingerprint density at radius 1 is 1.09 bits per heavy atom. The summed E-state index contributed by atoms with van der Waals surface area (Å²) in [5.74, 6) is 1.61. The van der Waals surface area contributed by atoms with Crippen LogP contribution in [0.4, 0.5) is 5.82 Å². The Morgan fingerprint density at radius 3 is 2.55 bits per heavy atom. The maximum atomic E-state index is 12.6. The van der Waals surface area contributed by atoms with E-state index in [9.17, 15) is 4.79 Å². The van der Waals surface area contributed by atoms with Crippen molar-refractivity contribution in [3.63, 3.8) is 0 Å². The lowest BCUT2D eigenvalue weighted by molar-refractivity contribution is 0.286. The molecule has 4 aromatic rings. The molecule has 0 spiro atoms. The molecule has 0 saturated heterocycles. The van der Waals surface area contributed by atoms with E-state index in [2.05, 4.69) is 27.2 Å². The van der Waals surface area contributed by atoms with Crippen molar-refractivity contribution in [1.29, 1.82) is 0 Å². The third-order valence-corrected chi connectivity index (χ3v) is 5.11. The first-order valence-corrected chi connectivity index (χ1v) is 11.0. The summed E-state index contributed by atoms with van der Waals surface area (Å²) in [6.07, 6.45) is 1.87. The first-order chi connectivity index (χ1) is 16.1. The number of fused-ring (bicyclic) bond motifs is 1. The first kappa shape index (κ1) is 22.3. The summed E-state index contributed by atoms with van der Waals surface area (Å²) in [6.45, 7) is 3.62. The molecule has 0 atom stereocenters. The number of nitrogens with one attached hydrogen (secondary N) is 2. The second kappa shape index (κ2) is 10.2. The second-order valence-corrected chi connectivity index (χ2v) is 7.74. The van der Waals surface area contributed by atoms with Crippen LogP contribution in [-0.2, 0) is 13.1 Å². The number of ether oxygens (including phenoxy) is 2. The van der Waals surface area contributed by atoms with Crippen molar-refractivity contribution >= 4 is 17.0 Å². The highest BCUT2D eigenvalue weighted by Gasteiger charge is 2.15. The summed E-state index contributed by atoms with van der Waals surface area (Å²) in [4.78, 5) is 24.0. The summed E-state index contributed by atoms with van der Waals surface area (Å²) in [5, 5.41) is 3.13. The van der Waals surface area contributed by atoms with E-state index in [1.165, 1.54) is 4.57 Å². The van der Waals surface area contributed by atoms with Crippen LogP contribution in [0.2, 0.25) is 0 Å². The topological polar surface area (TPSA) is 120 Å². The van der Waals surface area contributed by atoms with Crippen molar-refractivity contribution in [1.82, 2.24) is 24.8 Å². The highest BCUT2D eigenvalue weighted by atomic mass is 16.5. The Bertz CT molecular complexity index is 1300. The zero-order valence-corrected chi connectivity index (χ0v) is 18.8. The van der Waals surface area contributed by atoms with Gasteiger partial charge in [0.05, 0.1) is 13.2 Å². The molecule has 2 heterocycles. The number of rotatable bonds is 10. The molecule has 9 heteroatoms. The Hall–Kier alpha value is -3.85. The first-order valence-electron chi connectivity index (χ1n) is 11.0. The Kier molecular flexibility index (Phi) is 6.89. The molecule has 2 aromatic heterocycles. The molecule has 4 N–H and O–H groups in total. The lowest BCUT2D eigenvalue weighted by Gasteiger charge is -2.10. The third kappa shape index (κ3) is 5.32. The molecule has 0 aliphatic heterocycles. The zero-order chi connectivity index (χ0) is 23.2. The van der Waals surface area contributed by atoms with Gasteiger partial charge in [-0.1, -0.05) is 37.6 Å². The highest BCUT2D eigenvalue weighted by molar-refractivity contribution is 5.81. The number of aromatic amines is 1. The van der Waals surface area contributed by atoms with Gasteiger partial charge in [-0.05, 0) is 48.9 Å². The molecule has 0 unspecified atom stereocenters. The minimum atomic E-state index is -0.317. The van der Waals surface area contributed by atoms with E-state index >= 15 is 0 Å². The lowest BCUT2D eigenvalue weighted by Crippen LogP contribution is -2.17. The van der Waals surface area contributed by atoms with Crippen LogP contribution in [0.3, 0.4) is 0 Å². The van der Waals surface area contributed by atoms with Crippen molar-refractivity contribution in [3.05, 3.63) is 70.1 Å². The Balaban J connectivity index is 1.59. The smallest absolute Gasteiger partial charge is 0.328 e. The van der Waals surface area contributed by atoms with Crippen LogP contribution in [0.5, 0.6) is 17.5 Å². The number of H-pyrrole nitrogens is 1. The summed E-state index contributed by atoms with van der Waals surface area (Å²) < 4.78 is 13.2. The minimum Gasteiger partial charge on any atom is -0.463 e. The normalized spacial score (nSPS) is 11.1. The van der Waals surface area contributed by atoms with Crippen molar-refractivity contribution in [2.24, 2.45) is 0 Å². The number of nitrogen functional groups attached to an aromatic ring is 1. The van der Waals surface area contributed by atoms with E-state index in [-0.39, 0.29) is 17.5 Å². The molecule has 33 heavy (non-hydrogen) atoms. The van der Waals surface area contributed by atoms with Crippen molar-refractivity contribution < 1.29 is 9.47 Å². The molecule has 2 aromatic carbocycles. The second-order valence-electron chi connectivity index (χ2n) is 7.74. The predicted molar refractivity (Wildman–Crippen MR) is 128 cm³/mol. The van der Waals surface area contributed by atoms with Gasteiger partial charge in [-0.2, -0.15) is 9.97 Å². The number of unbranched alkanes of at least 4 members (excludes halogenated alkanes) is 1. The van der Waals surface area contributed by atoms with Crippen molar-refractivity contribution in [3.8, 4) is 17.5 Å². The van der Waals surface area contributed by atoms with Gasteiger partial charge in [0.2, 0.25) is 0 Å².